The molecule has 1 atom stereocenters. The van der Waals surface area contributed by atoms with Gasteiger partial charge in [0.15, 0.2) is 9.84 Å². The second kappa shape index (κ2) is 5.72. The van der Waals surface area contributed by atoms with E-state index in [0.717, 1.165) is 0 Å². The monoisotopic (exact) mass is 349 g/mol. The van der Waals surface area contributed by atoms with Gasteiger partial charge in [-0.05, 0) is 29.3 Å². The lowest BCUT2D eigenvalue weighted by Crippen LogP contribution is -2.35. The number of sulfone groups is 1. The smallest absolute Gasteiger partial charge is 0.267 e. The van der Waals surface area contributed by atoms with Crippen molar-refractivity contribution in [2.45, 2.75) is 25.9 Å². The van der Waals surface area contributed by atoms with E-state index < -0.39 is 9.84 Å². The molecule has 0 amide bonds. The van der Waals surface area contributed by atoms with Crippen molar-refractivity contribution >= 4 is 25.8 Å². The highest BCUT2D eigenvalue weighted by Crippen LogP contribution is 2.11. The summed E-state index contributed by atoms with van der Waals surface area (Å²) in [5, 5.41) is 3.17. The Morgan fingerprint density at radius 3 is 2.95 bits per heavy atom. The molecule has 2 heterocycles. The summed E-state index contributed by atoms with van der Waals surface area (Å²) in [6, 6.07) is 0.00236. The normalized spacial score (nSPS) is 21.7. The maximum Gasteiger partial charge on any atom is 0.267 e. The van der Waals surface area contributed by atoms with E-state index in [4.69, 9.17) is 0 Å². The van der Waals surface area contributed by atoms with Gasteiger partial charge in [0.05, 0.1) is 23.5 Å². The zero-order valence-corrected chi connectivity index (χ0v) is 13.0. The summed E-state index contributed by atoms with van der Waals surface area (Å²) in [7, 11) is -2.86. The highest BCUT2D eigenvalue weighted by molar-refractivity contribution is 9.10. The molecular formula is C11H16BrN3O3S. The minimum Gasteiger partial charge on any atom is -0.311 e. The minimum atomic E-state index is -2.86. The average molecular weight is 350 g/mol. The van der Waals surface area contributed by atoms with Gasteiger partial charge in [0.25, 0.3) is 5.56 Å². The second-order valence-electron chi connectivity index (χ2n) is 4.70. The second-order valence-corrected chi connectivity index (χ2v) is 7.72. The van der Waals surface area contributed by atoms with Crippen LogP contribution < -0.4 is 10.9 Å². The van der Waals surface area contributed by atoms with Gasteiger partial charge in [-0.3, -0.25) is 9.36 Å². The Hall–Kier alpha value is -0.730. The summed E-state index contributed by atoms with van der Waals surface area (Å²) < 4.78 is 24.6. The van der Waals surface area contributed by atoms with Crippen LogP contribution in [0.25, 0.3) is 0 Å². The summed E-state index contributed by atoms with van der Waals surface area (Å²) in [4.78, 5) is 16.0. The van der Waals surface area contributed by atoms with Crippen molar-refractivity contribution in [3.8, 4) is 0 Å². The number of nitrogens with zero attached hydrogens (tertiary/aromatic N) is 2. The Bertz CT molecular complexity index is 627. The van der Waals surface area contributed by atoms with Crippen LogP contribution in [0.4, 0.5) is 0 Å². The van der Waals surface area contributed by atoms with Crippen LogP contribution in [-0.2, 0) is 16.4 Å². The predicted molar refractivity (Wildman–Crippen MR) is 76.0 cm³/mol. The van der Waals surface area contributed by atoms with Gasteiger partial charge in [0.1, 0.15) is 4.47 Å². The molecule has 0 aromatic carbocycles. The van der Waals surface area contributed by atoms with Gasteiger partial charge in [-0.1, -0.05) is 0 Å². The van der Waals surface area contributed by atoms with E-state index in [9.17, 15) is 13.2 Å². The summed E-state index contributed by atoms with van der Waals surface area (Å²) in [5.74, 6) is 0.444. The van der Waals surface area contributed by atoms with E-state index in [1.54, 1.807) is 6.92 Å². The van der Waals surface area contributed by atoms with E-state index in [1.165, 1.54) is 10.9 Å². The topological polar surface area (TPSA) is 81.1 Å². The van der Waals surface area contributed by atoms with Gasteiger partial charge in [-0.15, -0.1) is 0 Å². The molecule has 0 aliphatic carbocycles. The number of aryl methyl sites for hydroxylation is 1. The van der Waals surface area contributed by atoms with Gasteiger partial charge in [0, 0.05) is 19.1 Å². The van der Waals surface area contributed by atoms with Crippen LogP contribution in [-0.4, -0.2) is 42.1 Å². The molecule has 1 aromatic heterocycles. The number of rotatable bonds is 4. The first-order valence-corrected chi connectivity index (χ1v) is 8.66. The molecule has 1 unspecified atom stereocenters. The van der Waals surface area contributed by atoms with Crippen molar-refractivity contribution in [3.63, 3.8) is 0 Å². The first-order chi connectivity index (χ1) is 8.89. The Kier molecular flexibility index (Phi) is 4.42. The number of hydrogen-bond acceptors (Lipinski definition) is 5. The fraction of sp³-hybridized carbons (Fsp3) is 0.636. The van der Waals surface area contributed by atoms with E-state index in [1.807, 2.05) is 0 Å². The maximum absolute atomic E-state index is 11.9. The van der Waals surface area contributed by atoms with Gasteiger partial charge in [-0.2, -0.15) is 0 Å². The van der Waals surface area contributed by atoms with Gasteiger partial charge >= 0.3 is 0 Å². The standard InChI is InChI=1S/C11H16BrN3O3S/c1-8-10(12)11(16)15(7-14-8)4-3-13-9-2-5-19(17,18)6-9/h7,9,13H,2-6H2,1H3. The molecule has 19 heavy (non-hydrogen) atoms. The molecule has 1 saturated heterocycles. The first-order valence-electron chi connectivity index (χ1n) is 6.04. The SMILES string of the molecule is Cc1ncn(CCNC2CCS(=O)(=O)C2)c(=O)c1Br. The highest BCUT2D eigenvalue weighted by atomic mass is 79.9. The van der Waals surface area contributed by atoms with E-state index >= 15 is 0 Å². The molecule has 0 saturated carbocycles. The molecule has 106 valence electrons. The number of nitrogens with one attached hydrogen (secondary N) is 1. The van der Waals surface area contributed by atoms with Crippen molar-refractivity contribution in [2.75, 3.05) is 18.1 Å². The molecule has 1 aliphatic heterocycles. The lowest BCUT2D eigenvalue weighted by molar-refractivity contribution is 0.510. The van der Waals surface area contributed by atoms with Crippen LogP contribution in [0.2, 0.25) is 0 Å². The zero-order valence-electron chi connectivity index (χ0n) is 10.6. The van der Waals surface area contributed by atoms with E-state index in [0.29, 0.717) is 29.7 Å². The quantitative estimate of drug-likeness (QED) is 0.833. The van der Waals surface area contributed by atoms with Crippen LogP contribution in [0.15, 0.2) is 15.6 Å². The summed E-state index contributed by atoms with van der Waals surface area (Å²) in [6.45, 7) is 2.79. The first kappa shape index (κ1) is 14.7. The van der Waals surface area contributed by atoms with Crippen LogP contribution in [0.5, 0.6) is 0 Å². The van der Waals surface area contributed by atoms with Gasteiger partial charge < -0.3 is 5.32 Å². The molecule has 8 heteroatoms. The number of halogens is 1. The molecule has 1 aromatic rings. The van der Waals surface area contributed by atoms with Crippen molar-refractivity contribution in [1.29, 1.82) is 0 Å². The highest BCUT2D eigenvalue weighted by Gasteiger charge is 2.27. The van der Waals surface area contributed by atoms with Crippen LogP contribution in [0.1, 0.15) is 12.1 Å². The third kappa shape index (κ3) is 3.64. The van der Waals surface area contributed by atoms with Gasteiger partial charge in [0.2, 0.25) is 0 Å². The fourth-order valence-corrected chi connectivity index (χ4v) is 4.09. The molecule has 1 fully saturated rings. The van der Waals surface area contributed by atoms with E-state index in [2.05, 4.69) is 26.2 Å². The van der Waals surface area contributed by atoms with Crippen molar-refractivity contribution < 1.29 is 8.42 Å². The van der Waals surface area contributed by atoms with Crippen molar-refractivity contribution in [1.82, 2.24) is 14.9 Å². The van der Waals surface area contributed by atoms with Crippen molar-refractivity contribution in [2.24, 2.45) is 0 Å². The molecule has 6 nitrogen and oxygen atoms in total. The lowest BCUT2D eigenvalue weighted by Gasteiger charge is -2.12. The predicted octanol–water partition coefficient (Wildman–Crippen LogP) is 0.0909. The molecular weight excluding hydrogens is 334 g/mol. The molecule has 0 spiro atoms. The number of aromatic nitrogens is 2. The average Bonchev–Trinajstić information content (AvgIpc) is 2.69. The van der Waals surface area contributed by atoms with Crippen LogP contribution in [0, 0.1) is 6.92 Å². The van der Waals surface area contributed by atoms with Crippen molar-refractivity contribution in [3.05, 3.63) is 26.8 Å². The summed E-state index contributed by atoms with van der Waals surface area (Å²) in [5.41, 5.74) is 0.546. The zero-order chi connectivity index (χ0) is 14.0. The lowest BCUT2D eigenvalue weighted by atomic mass is 10.2. The molecule has 2 rings (SSSR count). The maximum atomic E-state index is 11.9. The van der Waals surface area contributed by atoms with Gasteiger partial charge in [-0.25, -0.2) is 13.4 Å². The molecule has 0 bridgehead atoms. The molecule has 1 aliphatic rings. The Morgan fingerprint density at radius 1 is 1.58 bits per heavy atom. The minimum absolute atomic E-state index is 0.00236. The molecule has 1 N–H and O–H groups in total. The summed E-state index contributed by atoms with van der Waals surface area (Å²) >= 11 is 3.21. The Balaban J connectivity index is 1.90. The largest absolute Gasteiger partial charge is 0.311 e. The Labute approximate surface area is 120 Å². The molecule has 0 radical (unpaired) electrons. The number of hydrogen-bond donors (Lipinski definition) is 1. The van der Waals surface area contributed by atoms with E-state index in [-0.39, 0.29) is 23.1 Å². The van der Waals surface area contributed by atoms with Crippen LogP contribution in [0.3, 0.4) is 0 Å². The Morgan fingerprint density at radius 2 is 2.32 bits per heavy atom. The fourth-order valence-electron chi connectivity index (χ4n) is 2.05. The third-order valence-electron chi connectivity index (χ3n) is 3.18. The third-order valence-corrected chi connectivity index (χ3v) is 5.86. The summed E-state index contributed by atoms with van der Waals surface area (Å²) in [6.07, 6.45) is 2.16. The van der Waals surface area contributed by atoms with Crippen LogP contribution >= 0.6 is 15.9 Å².